The molecule has 0 atom stereocenters. The molecule has 8 bridgehead atoms. The van der Waals surface area contributed by atoms with Crippen molar-refractivity contribution < 1.29 is 36.9 Å². The summed E-state index contributed by atoms with van der Waals surface area (Å²) in [6, 6.07) is 7.44. The number of aliphatic carboxylic acids is 2. The fourth-order valence-electron chi connectivity index (χ4n) is 5.74. The molecule has 0 spiro atoms. The third-order valence-electron chi connectivity index (χ3n) is 8.03. The summed E-state index contributed by atoms with van der Waals surface area (Å²) in [5.74, 6) is -1.83. The zero-order valence-electron chi connectivity index (χ0n) is 25.1. The Morgan fingerprint density at radius 3 is 1.69 bits per heavy atom. The van der Waals surface area contributed by atoms with E-state index in [0.29, 0.717) is 44.8 Å². The molecule has 5 rings (SSSR count). The van der Waals surface area contributed by atoms with Gasteiger partial charge in [0.25, 0.3) is 0 Å². The molecule has 0 saturated carbocycles. The third kappa shape index (κ3) is 6.18. The quantitative estimate of drug-likeness (QED) is 0.222. The van der Waals surface area contributed by atoms with Gasteiger partial charge in [-0.05, 0) is 55.0 Å². The van der Waals surface area contributed by atoms with E-state index in [2.05, 4.69) is 26.3 Å². The first-order valence-electron chi connectivity index (χ1n) is 14.2. The number of hydrogen-bond donors (Lipinski definition) is 2. The molecule has 0 unspecified atom stereocenters. The number of carboxylic acid groups (broad SMARTS) is 2. The largest absolute Gasteiger partial charge is 0.657 e. The summed E-state index contributed by atoms with van der Waals surface area (Å²) in [6.07, 6.45) is 7.32. The minimum atomic E-state index is -0.914. The standard InChI is InChI=1S/C36H34N4O4.Fe/c1-7-21-23(9-3)31-17-32-24(10-4)22(8-2)30(40-32)16-28-20(6)26(12-14-36(43)44)34(38-28)18-33-25(11-13-35(41)42)19(5)27(37-33)15-29(21)39-31;/h7-10,15-18H,1-4,11-14H2,5-6H3,(H4,37,38,39,40,41,42,43,44);/p-2. The Labute approximate surface area is 271 Å². The molecule has 9 heteroatoms. The first-order chi connectivity index (χ1) is 21.1. The van der Waals surface area contributed by atoms with Crippen LogP contribution in [0.15, 0.2) is 62.7 Å². The summed E-state index contributed by atoms with van der Waals surface area (Å²) in [5.41, 5.74) is 11.4. The maximum atomic E-state index is 11.6. The van der Waals surface area contributed by atoms with Gasteiger partial charge in [0.15, 0.2) is 0 Å². The van der Waals surface area contributed by atoms with Crippen molar-refractivity contribution in [2.75, 3.05) is 0 Å². The van der Waals surface area contributed by atoms with Gasteiger partial charge >= 0.3 is 11.9 Å². The van der Waals surface area contributed by atoms with Gasteiger partial charge in [-0.25, -0.2) is 9.97 Å². The molecule has 230 valence electrons. The van der Waals surface area contributed by atoms with Crippen LogP contribution in [-0.4, -0.2) is 32.1 Å². The van der Waals surface area contributed by atoms with E-state index in [0.717, 1.165) is 44.5 Å². The second-order valence-corrected chi connectivity index (χ2v) is 10.6. The summed E-state index contributed by atoms with van der Waals surface area (Å²) in [7, 11) is 0. The molecule has 0 saturated heterocycles. The first kappa shape index (κ1) is 32.9. The van der Waals surface area contributed by atoms with Gasteiger partial charge in [-0.2, -0.15) is 0 Å². The fourth-order valence-corrected chi connectivity index (χ4v) is 5.74. The number of rotatable bonds is 10. The van der Waals surface area contributed by atoms with Crippen molar-refractivity contribution in [2.45, 2.75) is 39.5 Å². The van der Waals surface area contributed by atoms with Gasteiger partial charge in [-0.3, -0.25) is 9.59 Å². The van der Waals surface area contributed by atoms with E-state index < -0.39 is 11.9 Å². The molecule has 8 nitrogen and oxygen atoms in total. The van der Waals surface area contributed by atoms with Crippen LogP contribution in [0, 0.1) is 6.92 Å². The molecule has 0 aromatic carbocycles. The number of carbonyl (C=O) groups is 2. The van der Waals surface area contributed by atoms with Gasteiger partial charge in [0.05, 0.1) is 22.8 Å². The zero-order chi connectivity index (χ0) is 31.7. The van der Waals surface area contributed by atoms with Gasteiger partial charge in [0, 0.05) is 41.1 Å². The van der Waals surface area contributed by atoms with Crippen LogP contribution in [-0.2, 0) is 33.1 Å². The monoisotopic (exact) mass is 640 g/mol. The van der Waals surface area contributed by atoms with E-state index in [1.807, 2.05) is 38.1 Å². The fraction of sp³-hybridized carbons (Fsp3) is 0.167. The molecule has 2 aliphatic rings. The SMILES string of the molecule is C=CC1=C(C=C)c2cc3[n-]c(cc4nc(cc5[n-]c(cc1n2)c(C)c5CCC(=O)O)C(CCC(=O)O)=C4C)c(C=C)c3C=C.[Fe]. The molecular formula is C36H32FeN4O4-2. The predicted octanol–water partition coefficient (Wildman–Crippen LogP) is 7.26. The van der Waals surface area contributed by atoms with Crippen LogP contribution in [0.3, 0.4) is 0 Å². The number of carboxylic acids is 2. The van der Waals surface area contributed by atoms with Crippen molar-refractivity contribution in [1.82, 2.24) is 19.9 Å². The molecule has 3 aromatic heterocycles. The van der Waals surface area contributed by atoms with Gasteiger partial charge < -0.3 is 20.2 Å². The normalized spacial score (nSPS) is 12.5. The molecule has 0 fully saturated rings. The van der Waals surface area contributed by atoms with Gasteiger partial charge in [0.1, 0.15) is 0 Å². The summed E-state index contributed by atoms with van der Waals surface area (Å²) < 4.78 is 0. The van der Waals surface area contributed by atoms with Crippen LogP contribution in [0.4, 0.5) is 0 Å². The van der Waals surface area contributed by atoms with Crippen LogP contribution in [0.25, 0.3) is 56.5 Å². The Bertz CT molecular complexity index is 2020. The molecule has 0 amide bonds. The van der Waals surface area contributed by atoms with Crippen LogP contribution in [0.1, 0.15) is 71.2 Å². The number of aromatic nitrogens is 4. The number of nitrogens with zero attached hydrogens (tertiary/aromatic N) is 4. The molecular weight excluding hydrogens is 608 g/mol. The van der Waals surface area contributed by atoms with E-state index in [-0.39, 0.29) is 42.8 Å². The molecule has 45 heavy (non-hydrogen) atoms. The van der Waals surface area contributed by atoms with E-state index in [4.69, 9.17) is 19.9 Å². The van der Waals surface area contributed by atoms with Crippen LogP contribution >= 0.6 is 0 Å². The summed E-state index contributed by atoms with van der Waals surface area (Å²) in [5, 5.41) is 18.9. The Balaban J connectivity index is 0.00000461. The first-order valence-corrected chi connectivity index (χ1v) is 14.2. The summed E-state index contributed by atoms with van der Waals surface area (Å²) in [6.45, 7) is 19.9. The minimum Gasteiger partial charge on any atom is -0.657 e. The molecule has 2 N–H and O–H groups in total. The van der Waals surface area contributed by atoms with Crippen molar-refractivity contribution in [3.05, 3.63) is 108 Å². The Morgan fingerprint density at radius 1 is 0.689 bits per heavy atom. The maximum absolute atomic E-state index is 11.6. The van der Waals surface area contributed by atoms with Crippen LogP contribution in [0.2, 0.25) is 0 Å². The number of aryl methyl sites for hydroxylation is 2. The molecule has 0 radical (unpaired) electrons. The third-order valence-corrected chi connectivity index (χ3v) is 8.03. The molecule has 3 aromatic rings. The van der Waals surface area contributed by atoms with Crippen molar-refractivity contribution in [3.8, 4) is 0 Å². The smallest absolute Gasteiger partial charge is 0.303 e. The average molecular weight is 641 g/mol. The van der Waals surface area contributed by atoms with Crippen molar-refractivity contribution >= 4 is 68.4 Å². The minimum absolute atomic E-state index is 0. The number of allylic oxidation sites excluding steroid dienone is 6. The van der Waals surface area contributed by atoms with Gasteiger partial charge in [0.2, 0.25) is 0 Å². The topological polar surface area (TPSA) is 129 Å². The second-order valence-electron chi connectivity index (χ2n) is 10.6. The number of hydrogen-bond acceptors (Lipinski definition) is 4. The number of fused-ring (bicyclic) bond motifs is 8. The average Bonchev–Trinajstić information content (AvgIpc) is 3.67. The second kappa shape index (κ2) is 13.3. The van der Waals surface area contributed by atoms with Gasteiger partial charge in [-0.15, -0.1) is 22.1 Å². The molecule has 2 aliphatic heterocycles. The Morgan fingerprint density at radius 2 is 1.16 bits per heavy atom. The zero-order valence-corrected chi connectivity index (χ0v) is 26.2. The van der Waals surface area contributed by atoms with Crippen molar-refractivity contribution in [2.24, 2.45) is 0 Å². The van der Waals surface area contributed by atoms with Crippen LogP contribution < -0.4 is 9.97 Å². The Hall–Kier alpha value is -4.98. The Kier molecular flexibility index (Phi) is 9.76. The molecule has 0 aliphatic carbocycles. The van der Waals surface area contributed by atoms with Crippen LogP contribution in [0.5, 0.6) is 0 Å². The summed E-state index contributed by atoms with van der Waals surface area (Å²) >= 11 is 0. The molecule has 5 heterocycles. The van der Waals surface area contributed by atoms with E-state index in [9.17, 15) is 19.8 Å². The predicted molar refractivity (Wildman–Crippen MR) is 176 cm³/mol. The van der Waals surface area contributed by atoms with E-state index >= 15 is 0 Å². The van der Waals surface area contributed by atoms with Crippen molar-refractivity contribution in [1.29, 1.82) is 0 Å². The van der Waals surface area contributed by atoms with Crippen molar-refractivity contribution in [3.63, 3.8) is 0 Å². The van der Waals surface area contributed by atoms with E-state index in [1.54, 1.807) is 24.3 Å². The summed E-state index contributed by atoms with van der Waals surface area (Å²) in [4.78, 5) is 42.8. The maximum Gasteiger partial charge on any atom is 0.303 e. The van der Waals surface area contributed by atoms with E-state index in [1.165, 1.54) is 0 Å². The van der Waals surface area contributed by atoms with Gasteiger partial charge in [-0.1, -0.05) is 79.9 Å².